The van der Waals surface area contributed by atoms with E-state index in [1.807, 2.05) is 54.6 Å². The molecule has 0 aliphatic carbocycles. The van der Waals surface area contributed by atoms with Crippen LogP contribution in [-0.4, -0.2) is 19.0 Å². The van der Waals surface area contributed by atoms with Crippen molar-refractivity contribution >= 4 is 11.6 Å². The van der Waals surface area contributed by atoms with Crippen molar-refractivity contribution in [2.24, 2.45) is 0 Å². The molecule has 0 aliphatic rings. The third kappa shape index (κ3) is 5.32. The summed E-state index contributed by atoms with van der Waals surface area (Å²) in [6.45, 7) is 4.65. The van der Waals surface area contributed by atoms with Gasteiger partial charge in [-0.2, -0.15) is 0 Å². The van der Waals surface area contributed by atoms with E-state index >= 15 is 0 Å². The van der Waals surface area contributed by atoms with Gasteiger partial charge in [-0.25, -0.2) is 0 Å². The van der Waals surface area contributed by atoms with Gasteiger partial charge in [0.1, 0.15) is 11.5 Å². The van der Waals surface area contributed by atoms with Gasteiger partial charge in [0.25, 0.3) is 0 Å². The molecular weight excluding hydrogens is 276 g/mol. The fraction of sp³-hybridized carbons (Fsp3) is 0.167. The van der Waals surface area contributed by atoms with E-state index in [0.29, 0.717) is 19.5 Å². The molecule has 0 saturated heterocycles. The number of carbonyl (C=O) groups is 1. The van der Waals surface area contributed by atoms with Crippen molar-refractivity contribution in [3.8, 4) is 11.5 Å². The molecule has 2 N–H and O–H groups in total. The predicted octanol–water partition coefficient (Wildman–Crippen LogP) is 3.58. The second-order valence-corrected chi connectivity index (χ2v) is 4.71. The second kappa shape index (κ2) is 8.52. The van der Waals surface area contributed by atoms with Gasteiger partial charge in [-0.1, -0.05) is 24.3 Å². The molecule has 22 heavy (non-hydrogen) atoms. The highest BCUT2D eigenvalue weighted by Gasteiger charge is 2.00. The van der Waals surface area contributed by atoms with Crippen LogP contribution in [0.4, 0.5) is 5.69 Å². The Morgan fingerprint density at radius 3 is 2.41 bits per heavy atom. The van der Waals surface area contributed by atoms with Crippen molar-refractivity contribution in [2.75, 3.05) is 18.4 Å². The first-order chi connectivity index (χ1) is 10.8. The van der Waals surface area contributed by atoms with Crippen LogP contribution in [0.1, 0.15) is 6.42 Å². The zero-order valence-corrected chi connectivity index (χ0v) is 12.4. The largest absolute Gasteiger partial charge is 0.457 e. The quantitative estimate of drug-likeness (QED) is 0.732. The minimum atomic E-state index is 0.0106. The zero-order valence-electron chi connectivity index (χ0n) is 12.4. The van der Waals surface area contributed by atoms with Crippen molar-refractivity contribution in [2.45, 2.75) is 6.42 Å². The lowest BCUT2D eigenvalue weighted by Gasteiger charge is -2.09. The Labute approximate surface area is 130 Å². The molecule has 2 aromatic carbocycles. The van der Waals surface area contributed by atoms with Gasteiger partial charge in [-0.05, 0) is 36.4 Å². The number of rotatable bonds is 8. The van der Waals surface area contributed by atoms with E-state index in [2.05, 4.69) is 17.2 Å². The van der Waals surface area contributed by atoms with E-state index in [-0.39, 0.29) is 5.91 Å². The van der Waals surface area contributed by atoms with E-state index in [0.717, 1.165) is 17.2 Å². The first kappa shape index (κ1) is 15.6. The van der Waals surface area contributed by atoms with Gasteiger partial charge in [0.15, 0.2) is 0 Å². The summed E-state index contributed by atoms with van der Waals surface area (Å²) in [5, 5.41) is 5.94. The Morgan fingerprint density at radius 2 is 1.73 bits per heavy atom. The summed E-state index contributed by atoms with van der Waals surface area (Å²) in [5.41, 5.74) is 0.955. The van der Waals surface area contributed by atoms with E-state index in [1.165, 1.54) is 0 Å². The Kier molecular flexibility index (Phi) is 6.05. The van der Waals surface area contributed by atoms with Crippen LogP contribution in [0, 0.1) is 0 Å². The smallest absolute Gasteiger partial charge is 0.222 e. The first-order valence-electron chi connectivity index (χ1n) is 7.22. The van der Waals surface area contributed by atoms with Crippen LogP contribution in [0.2, 0.25) is 0 Å². The lowest BCUT2D eigenvalue weighted by molar-refractivity contribution is -0.120. The number of hydrogen-bond donors (Lipinski definition) is 2. The minimum Gasteiger partial charge on any atom is -0.457 e. The molecule has 0 aliphatic heterocycles. The fourth-order valence-electron chi connectivity index (χ4n) is 1.86. The Balaban J connectivity index is 1.77. The van der Waals surface area contributed by atoms with Crippen LogP contribution in [0.3, 0.4) is 0 Å². The number of ether oxygens (including phenoxy) is 1. The Hall–Kier alpha value is -2.75. The fourth-order valence-corrected chi connectivity index (χ4v) is 1.86. The number of hydrogen-bond acceptors (Lipinski definition) is 3. The van der Waals surface area contributed by atoms with E-state index in [1.54, 1.807) is 6.08 Å². The predicted molar refractivity (Wildman–Crippen MR) is 89.3 cm³/mol. The monoisotopic (exact) mass is 296 g/mol. The lowest BCUT2D eigenvalue weighted by atomic mass is 10.3. The normalized spacial score (nSPS) is 9.82. The topological polar surface area (TPSA) is 50.4 Å². The number of anilines is 1. The van der Waals surface area contributed by atoms with Crippen molar-refractivity contribution in [1.29, 1.82) is 0 Å². The van der Waals surface area contributed by atoms with Crippen molar-refractivity contribution in [3.05, 3.63) is 67.3 Å². The van der Waals surface area contributed by atoms with Gasteiger partial charge in [0, 0.05) is 25.2 Å². The van der Waals surface area contributed by atoms with Gasteiger partial charge in [0.2, 0.25) is 5.91 Å². The molecule has 0 aromatic heterocycles. The molecule has 2 aromatic rings. The van der Waals surface area contributed by atoms with Gasteiger partial charge >= 0.3 is 0 Å². The Bertz CT molecular complexity index is 594. The molecule has 0 saturated carbocycles. The van der Waals surface area contributed by atoms with Crippen LogP contribution in [0.25, 0.3) is 0 Å². The summed E-state index contributed by atoms with van der Waals surface area (Å²) < 4.78 is 5.72. The van der Waals surface area contributed by atoms with Crippen LogP contribution >= 0.6 is 0 Å². The van der Waals surface area contributed by atoms with Gasteiger partial charge in [-0.15, -0.1) is 6.58 Å². The number of amides is 1. The molecule has 1 amide bonds. The molecule has 0 spiro atoms. The summed E-state index contributed by atoms with van der Waals surface area (Å²) in [4.78, 5) is 11.4. The van der Waals surface area contributed by atoms with Crippen LogP contribution < -0.4 is 15.4 Å². The van der Waals surface area contributed by atoms with E-state index < -0.39 is 0 Å². The lowest BCUT2D eigenvalue weighted by Crippen LogP contribution is -2.25. The molecule has 0 atom stereocenters. The minimum absolute atomic E-state index is 0.0106. The standard InChI is InChI=1S/C18H20N2O2/c1-2-13-20-18(21)12-14-19-15-8-10-17(11-9-15)22-16-6-4-3-5-7-16/h2-11,19H,1,12-14H2,(H,20,21). The summed E-state index contributed by atoms with van der Waals surface area (Å²) in [6, 6.07) is 17.3. The highest BCUT2D eigenvalue weighted by atomic mass is 16.5. The maximum Gasteiger partial charge on any atom is 0.222 e. The highest BCUT2D eigenvalue weighted by molar-refractivity contribution is 5.76. The zero-order chi connectivity index (χ0) is 15.6. The molecule has 0 bridgehead atoms. The van der Waals surface area contributed by atoms with E-state index in [4.69, 9.17) is 4.74 Å². The van der Waals surface area contributed by atoms with Gasteiger partial charge in [-0.3, -0.25) is 4.79 Å². The molecular formula is C18H20N2O2. The Morgan fingerprint density at radius 1 is 1.05 bits per heavy atom. The summed E-state index contributed by atoms with van der Waals surface area (Å²) >= 11 is 0. The summed E-state index contributed by atoms with van der Waals surface area (Å²) in [6.07, 6.45) is 2.09. The van der Waals surface area contributed by atoms with Crippen molar-refractivity contribution in [3.63, 3.8) is 0 Å². The molecule has 0 fully saturated rings. The number of nitrogens with one attached hydrogen (secondary N) is 2. The van der Waals surface area contributed by atoms with Crippen molar-refractivity contribution in [1.82, 2.24) is 5.32 Å². The SMILES string of the molecule is C=CCNC(=O)CCNc1ccc(Oc2ccccc2)cc1. The molecule has 0 heterocycles. The molecule has 114 valence electrons. The highest BCUT2D eigenvalue weighted by Crippen LogP contribution is 2.22. The maximum absolute atomic E-state index is 11.4. The summed E-state index contributed by atoms with van der Waals surface area (Å²) in [5.74, 6) is 1.60. The maximum atomic E-state index is 11.4. The molecule has 0 unspecified atom stereocenters. The van der Waals surface area contributed by atoms with Crippen LogP contribution in [0.15, 0.2) is 67.3 Å². The second-order valence-electron chi connectivity index (χ2n) is 4.71. The third-order valence-electron chi connectivity index (χ3n) is 2.96. The van der Waals surface area contributed by atoms with Crippen molar-refractivity contribution < 1.29 is 9.53 Å². The molecule has 4 heteroatoms. The van der Waals surface area contributed by atoms with Crippen LogP contribution in [0.5, 0.6) is 11.5 Å². The number of carbonyl (C=O) groups excluding carboxylic acids is 1. The van der Waals surface area contributed by atoms with E-state index in [9.17, 15) is 4.79 Å². The average Bonchev–Trinajstić information content (AvgIpc) is 2.55. The van der Waals surface area contributed by atoms with Crippen LogP contribution in [-0.2, 0) is 4.79 Å². The average molecular weight is 296 g/mol. The first-order valence-corrected chi connectivity index (χ1v) is 7.22. The molecule has 0 radical (unpaired) electrons. The van der Waals surface area contributed by atoms with Gasteiger partial charge in [0.05, 0.1) is 0 Å². The van der Waals surface area contributed by atoms with Gasteiger partial charge < -0.3 is 15.4 Å². The molecule has 2 rings (SSSR count). The summed E-state index contributed by atoms with van der Waals surface area (Å²) in [7, 11) is 0. The number of benzene rings is 2. The third-order valence-corrected chi connectivity index (χ3v) is 2.96. The molecule has 4 nitrogen and oxygen atoms in total. The number of para-hydroxylation sites is 1.